The van der Waals surface area contributed by atoms with Gasteiger partial charge in [-0.3, -0.25) is 0 Å². The Morgan fingerprint density at radius 3 is 0.840 bits per heavy atom. The Morgan fingerprint density at radius 2 is 0.540 bits per heavy atom. The number of nitrogens with zero attached hydrogens (tertiary/aromatic N) is 6. The number of alkyl halides is 35. The number of fused-ring (bicyclic) bond motifs is 20. The first kappa shape index (κ1) is 75.2. The fourth-order valence-electron chi connectivity index (χ4n) is 9.14. The number of H-pyrrole nitrogens is 2. The molecule has 0 amide bonds. The molecule has 0 radical (unpaired) electrons. The minimum Gasteiger partial charge on any atom is -0.486 e. The van der Waals surface area contributed by atoms with Gasteiger partial charge in [0.25, 0.3) is 0 Å². The second kappa shape index (κ2) is 23.3. The Labute approximate surface area is 526 Å². The summed E-state index contributed by atoms with van der Waals surface area (Å²) in [5.74, 6) is -87.9. The van der Waals surface area contributed by atoms with Gasteiger partial charge in [0.2, 0.25) is 5.67 Å². The minimum atomic E-state index is -7.57. The molecule has 0 saturated carbocycles. The van der Waals surface area contributed by atoms with Crippen LogP contribution in [0.4, 0.5) is 154 Å². The summed E-state index contributed by atoms with van der Waals surface area (Å²) in [6.45, 7) is -13.4. The van der Waals surface area contributed by atoms with Crippen molar-refractivity contribution in [1.29, 1.82) is 0 Å². The first-order valence-electron chi connectivity index (χ1n) is 26.2. The summed E-state index contributed by atoms with van der Waals surface area (Å²) in [5, 5.41) is -3.81. The summed E-state index contributed by atoms with van der Waals surface area (Å²) in [5.41, 5.74) is -14.2. The zero-order valence-corrected chi connectivity index (χ0v) is 47.3. The number of halogens is 35. The second-order valence-corrected chi connectivity index (χ2v) is 21.3. The van der Waals surface area contributed by atoms with Gasteiger partial charge in [0, 0.05) is 21.9 Å². The van der Waals surface area contributed by atoms with Crippen LogP contribution in [0, 0.1) is 0 Å². The highest BCUT2D eigenvalue weighted by Crippen LogP contribution is 2.58. The molecular formula is C53H25F35N8O4. The Bertz CT molecular complexity index is 4240. The van der Waals surface area contributed by atoms with E-state index in [0.717, 1.165) is 12.1 Å². The van der Waals surface area contributed by atoms with Crippen molar-refractivity contribution in [2.45, 2.75) is 102 Å². The lowest BCUT2D eigenvalue weighted by Crippen LogP contribution is -2.63. The molecule has 1 atom stereocenters. The summed E-state index contributed by atoms with van der Waals surface area (Å²) in [7, 11) is 0. The van der Waals surface area contributed by atoms with Gasteiger partial charge >= 0.3 is 89.9 Å². The normalized spacial score (nSPS) is 15.2. The van der Waals surface area contributed by atoms with Crippen LogP contribution in [-0.4, -0.2) is 162 Å². The molecule has 4 aromatic carbocycles. The molecule has 12 nitrogen and oxygen atoms in total. The first-order valence-corrected chi connectivity index (χ1v) is 26.2. The molecule has 2 aliphatic heterocycles. The van der Waals surface area contributed by atoms with E-state index in [4.69, 9.17) is 14.2 Å². The molecule has 546 valence electrons. The van der Waals surface area contributed by atoms with Crippen molar-refractivity contribution in [3.63, 3.8) is 0 Å². The van der Waals surface area contributed by atoms with Crippen molar-refractivity contribution < 1.29 is 173 Å². The van der Waals surface area contributed by atoms with Gasteiger partial charge < -0.3 is 28.9 Å². The molecule has 100 heavy (non-hydrogen) atoms. The molecule has 5 heterocycles. The Balaban J connectivity index is 1.37. The molecule has 9 rings (SSSR count). The molecule has 7 aromatic rings. The summed E-state index contributed by atoms with van der Waals surface area (Å²) >= 11 is 0. The Hall–Kier alpha value is -9.01. The van der Waals surface area contributed by atoms with E-state index in [1.54, 1.807) is 0 Å². The van der Waals surface area contributed by atoms with Gasteiger partial charge in [-0.1, -0.05) is 48.5 Å². The van der Waals surface area contributed by atoms with Crippen LogP contribution >= 0.6 is 0 Å². The SMILES string of the molecule is CC(F)(C(F)(F)COc1cccc2c1-c1nc-2nc2[nH]c(nc3nc(nc4[nH]c(n1)c1cccc(OCC(F)(F)C(F)(F)C(F)(F)C(F)(F)F)c41)-c1cccc(OCC(F)(F)C(F)(F)C(F)(F)C(F)(F)F)c1-3)c1cccc(OCC(F)(F)C(F)(F)C(F)(F)C(F)(F)F)c21)C(F)(F)C(F)(F)F. The van der Waals surface area contributed by atoms with E-state index in [-0.39, 0.29) is 0 Å². The highest BCUT2D eigenvalue weighted by atomic mass is 19.5. The van der Waals surface area contributed by atoms with Crippen molar-refractivity contribution in [3.05, 3.63) is 72.8 Å². The number of ether oxygens (including phenoxy) is 4. The van der Waals surface area contributed by atoms with Gasteiger partial charge in [-0.05, 0) is 31.2 Å². The molecule has 0 spiro atoms. The maximum atomic E-state index is 15.5. The van der Waals surface area contributed by atoms with Gasteiger partial charge in [-0.2, -0.15) is 149 Å². The number of hydrogen-bond acceptors (Lipinski definition) is 10. The summed E-state index contributed by atoms with van der Waals surface area (Å²) in [6, 6.07) is 7.20. The molecule has 3 aromatic heterocycles. The van der Waals surface area contributed by atoms with Crippen LogP contribution < -0.4 is 18.9 Å². The standard InChI is InChI=1S/C53H25F35N8O4/c1-38(54,43(63,64)50(77,78)79)39(55,56)14-97-22-10-2-6-18-26(22)34-89-30(18)91-35-28-20(8-4-12-24(28)99-16-41(59,60)45(67,68)48(73,74)52(83,84)85)32(93-35)95-37-29-21(9-5-13-25(29)100-17-42(61,62)46(69,70)49(75,76)53(86,87)88)33(96-37)94-36-27-19(31(90-34)92-36)7-3-11-23(27)98-15-40(57,58)44(65,66)47(71,72)51(80,81)82/h2-13H,14-17H2,1H3,(H2,89,90,91,92,93,94,95,96). The van der Waals surface area contributed by atoms with E-state index < -0.39 is 242 Å². The van der Waals surface area contributed by atoms with Gasteiger partial charge in [0.05, 0.1) is 21.9 Å². The third-order valence-electron chi connectivity index (χ3n) is 14.7. The zero-order valence-electron chi connectivity index (χ0n) is 47.3. The highest BCUT2D eigenvalue weighted by molar-refractivity contribution is 6.10. The average Bonchev–Trinajstić information content (AvgIpc) is 0.797. The molecule has 0 fully saturated rings. The second-order valence-electron chi connectivity index (χ2n) is 21.3. The van der Waals surface area contributed by atoms with Gasteiger partial charge in [0.15, 0.2) is 49.7 Å². The van der Waals surface area contributed by atoms with Crippen LogP contribution in [-0.2, 0) is 0 Å². The van der Waals surface area contributed by atoms with Crippen molar-refractivity contribution >= 4 is 44.1 Å². The van der Waals surface area contributed by atoms with Crippen molar-refractivity contribution in [1.82, 2.24) is 39.9 Å². The number of aromatic nitrogens is 8. The predicted octanol–water partition coefficient (Wildman–Crippen LogP) is 18.4. The van der Waals surface area contributed by atoms with Crippen molar-refractivity contribution in [2.75, 3.05) is 26.4 Å². The van der Waals surface area contributed by atoms with Crippen LogP contribution in [0.5, 0.6) is 23.0 Å². The lowest BCUT2D eigenvalue weighted by molar-refractivity contribution is -0.398. The van der Waals surface area contributed by atoms with Gasteiger partial charge in [-0.15, -0.1) is 0 Å². The van der Waals surface area contributed by atoms with Crippen LogP contribution in [0.1, 0.15) is 6.92 Å². The summed E-state index contributed by atoms with van der Waals surface area (Å²) in [6.07, 6.45) is -29.3. The predicted molar refractivity (Wildman–Crippen MR) is 266 cm³/mol. The molecule has 1 unspecified atom stereocenters. The van der Waals surface area contributed by atoms with Crippen molar-refractivity contribution in [3.8, 4) is 68.5 Å². The van der Waals surface area contributed by atoms with E-state index >= 15 is 39.5 Å². The first-order chi connectivity index (χ1) is 45.2. The summed E-state index contributed by atoms with van der Waals surface area (Å²) in [4.78, 5) is 28.7. The lowest BCUT2D eigenvalue weighted by Gasteiger charge is -2.36. The highest BCUT2D eigenvalue weighted by Gasteiger charge is 2.84. The van der Waals surface area contributed by atoms with Crippen LogP contribution in [0.15, 0.2) is 72.8 Å². The fourth-order valence-corrected chi connectivity index (χ4v) is 9.14. The monoisotopic (exact) mass is 1500 g/mol. The quantitative estimate of drug-likeness (QED) is 0.0707. The molecule has 0 saturated heterocycles. The van der Waals surface area contributed by atoms with Crippen molar-refractivity contribution in [2.24, 2.45) is 0 Å². The van der Waals surface area contributed by atoms with Crippen LogP contribution in [0.2, 0.25) is 0 Å². The van der Waals surface area contributed by atoms with Crippen LogP contribution in [0.3, 0.4) is 0 Å². The van der Waals surface area contributed by atoms with E-state index in [0.29, 0.717) is 60.7 Å². The third-order valence-corrected chi connectivity index (χ3v) is 14.7. The third kappa shape index (κ3) is 11.7. The number of rotatable bonds is 20. The van der Waals surface area contributed by atoms with E-state index in [1.807, 2.05) is 0 Å². The maximum Gasteiger partial charge on any atom is 0.460 e. The number of aromatic amines is 2. The molecule has 2 aliphatic rings. The largest absolute Gasteiger partial charge is 0.486 e. The number of benzene rings is 4. The Kier molecular flexibility index (Phi) is 17.5. The number of hydrogen-bond donors (Lipinski definition) is 2. The lowest BCUT2D eigenvalue weighted by atomic mass is 9.92. The van der Waals surface area contributed by atoms with E-state index in [1.165, 1.54) is 0 Å². The molecule has 47 heteroatoms. The van der Waals surface area contributed by atoms with Crippen LogP contribution in [0.25, 0.3) is 89.7 Å². The van der Waals surface area contributed by atoms with E-state index in [2.05, 4.69) is 44.6 Å². The average molecular weight is 1500 g/mol. The van der Waals surface area contributed by atoms with E-state index in [9.17, 15) is 114 Å². The zero-order chi connectivity index (χ0) is 75.3. The van der Waals surface area contributed by atoms with Gasteiger partial charge in [-0.25, -0.2) is 34.3 Å². The summed E-state index contributed by atoms with van der Waals surface area (Å²) < 4.78 is 515. The topological polar surface area (TPSA) is 146 Å². The maximum absolute atomic E-state index is 15.5. The van der Waals surface area contributed by atoms with Gasteiger partial charge in [0.1, 0.15) is 45.6 Å². The fraction of sp³-hybridized carbons (Fsp3) is 0.396. The molecule has 0 aliphatic carbocycles. The molecule has 2 N–H and O–H groups in total. The Morgan fingerprint density at radius 1 is 0.280 bits per heavy atom. The smallest absolute Gasteiger partial charge is 0.460 e. The minimum absolute atomic E-state index is 0.408. The molecule has 8 bridgehead atoms. The number of nitrogens with one attached hydrogen (secondary N) is 2. The molecular weight excluding hydrogens is 1480 g/mol.